The van der Waals surface area contributed by atoms with Gasteiger partial charge < -0.3 is 15.4 Å². The first-order chi connectivity index (χ1) is 11.7. The molecular formula is C19H20N4O. The van der Waals surface area contributed by atoms with Crippen molar-refractivity contribution in [1.82, 2.24) is 9.97 Å². The molecule has 0 radical (unpaired) electrons. The lowest BCUT2D eigenvalue weighted by molar-refractivity contribution is 0.340. The summed E-state index contributed by atoms with van der Waals surface area (Å²) in [7, 11) is 0. The largest absolute Gasteiger partial charge is 0.494 e. The minimum atomic E-state index is 0.659. The predicted octanol–water partition coefficient (Wildman–Crippen LogP) is 4.67. The number of aryl methyl sites for hydroxylation is 1. The number of ether oxygens (including phenoxy) is 1. The molecule has 0 fully saturated rings. The van der Waals surface area contributed by atoms with E-state index in [1.54, 1.807) is 0 Å². The first kappa shape index (κ1) is 15.8. The summed E-state index contributed by atoms with van der Waals surface area (Å²) in [4.78, 5) is 8.86. The molecule has 0 bridgehead atoms. The highest BCUT2D eigenvalue weighted by Gasteiger charge is 2.03. The molecule has 5 heteroatoms. The second kappa shape index (κ2) is 7.46. The Morgan fingerprint density at radius 3 is 2.00 bits per heavy atom. The topological polar surface area (TPSA) is 59.1 Å². The first-order valence-corrected chi connectivity index (χ1v) is 7.90. The molecule has 3 rings (SSSR count). The molecule has 0 saturated heterocycles. The number of benzene rings is 2. The van der Waals surface area contributed by atoms with Gasteiger partial charge in [0.2, 0.25) is 0 Å². The van der Waals surface area contributed by atoms with E-state index >= 15 is 0 Å². The number of nitrogens with one attached hydrogen (secondary N) is 2. The molecule has 1 aromatic heterocycles. The van der Waals surface area contributed by atoms with Crippen LogP contribution in [0.4, 0.5) is 23.0 Å². The number of hydrogen-bond acceptors (Lipinski definition) is 5. The molecule has 1 heterocycles. The highest BCUT2D eigenvalue weighted by Crippen LogP contribution is 2.22. The summed E-state index contributed by atoms with van der Waals surface area (Å²) in [6.45, 7) is 4.50. The third-order valence-electron chi connectivity index (χ3n) is 3.32. The van der Waals surface area contributed by atoms with Crippen LogP contribution in [0.2, 0.25) is 0 Å². The van der Waals surface area contributed by atoms with Gasteiger partial charge in [-0.05, 0) is 50.2 Å². The monoisotopic (exact) mass is 320 g/mol. The second-order valence-corrected chi connectivity index (χ2v) is 5.26. The lowest BCUT2D eigenvalue weighted by Gasteiger charge is -2.11. The zero-order chi connectivity index (χ0) is 16.8. The molecule has 0 saturated carbocycles. The Kier molecular flexibility index (Phi) is 4.91. The number of nitrogens with zero attached hydrogens (tertiary/aromatic N) is 2. The van der Waals surface area contributed by atoms with Crippen molar-refractivity contribution in [2.45, 2.75) is 13.8 Å². The molecule has 122 valence electrons. The highest BCUT2D eigenvalue weighted by molar-refractivity contribution is 5.63. The predicted molar refractivity (Wildman–Crippen MR) is 97.4 cm³/mol. The van der Waals surface area contributed by atoms with Gasteiger partial charge in [0, 0.05) is 17.4 Å². The Bertz CT molecular complexity index is 788. The van der Waals surface area contributed by atoms with Crippen molar-refractivity contribution in [3.05, 3.63) is 66.5 Å². The van der Waals surface area contributed by atoms with Gasteiger partial charge in [0.25, 0.3) is 0 Å². The van der Waals surface area contributed by atoms with Crippen molar-refractivity contribution in [3.8, 4) is 5.75 Å². The number of rotatable bonds is 6. The third-order valence-corrected chi connectivity index (χ3v) is 3.32. The van der Waals surface area contributed by atoms with E-state index in [2.05, 4.69) is 20.6 Å². The number of anilines is 4. The smallest absolute Gasteiger partial charge is 0.136 e. The lowest BCUT2D eigenvalue weighted by atomic mass is 10.3. The van der Waals surface area contributed by atoms with Crippen LogP contribution in [0.5, 0.6) is 5.75 Å². The van der Waals surface area contributed by atoms with E-state index in [0.717, 1.165) is 28.8 Å². The fourth-order valence-electron chi connectivity index (χ4n) is 2.31. The Balaban J connectivity index is 1.76. The fraction of sp³-hybridized carbons (Fsp3) is 0.158. The fourth-order valence-corrected chi connectivity index (χ4v) is 2.31. The summed E-state index contributed by atoms with van der Waals surface area (Å²) >= 11 is 0. The standard InChI is InChI=1S/C19H20N4O/c1-3-24-17-11-9-16(10-12-17)23-19-13-18(20-14(2)21-19)22-15-7-5-4-6-8-15/h4-13H,3H2,1-2H3,(H2,20,21,22,23). The molecule has 24 heavy (non-hydrogen) atoms. The van der Waals surface area contributed by atoms with E-state index in [1.165, 1.54) is 0 Å². The normalized spacial score (nSPS) is 10.2. The van der Waals surface area contributed by atoms with Gasteiger partial charge in [-0.2, -0.15) is 0 Å². The second-order valence-electron chi connectivity index (χ2n) is 5.26. The highest BCUT2D eigenvalue weighted by atomic mass is 16.5. The minimum Gasteiger partial charge on any atom is -0.494 e. The molecule has 0 aliphatic rings. The van der Waals surface area contributed by atoms with Crippen molar-refractivity contribution < 1.29 is 4.74 Å². The van der Waals surface area contributed by atoms with E-state index in [9.17, 15) is 0 Å². The van der Waals surface area contributed by atoms with Gasteiger partial charge in [0.05, 0.1) is 6.61 Å². The summed E-state index contributed by atoms with van der Waals surface area (Å²) in [6.07, 6.45) is 0. The Morgan fingerprint density at radius 2 is 1.42 bits per heavy atom. The van der Waals surface area contributed by atoms with Crippen molar-refractivity contribution in [2.24, 2.45) is 0 Å². The minimum absolute atomic E-state index is 0.659. The van der Waals surface area contributed by atoms with Gasteiger partial charge in [-0.3, -0.25) is 0 Å². The SMILES string of the molecule is CCOc1ccc(Nc2cc(Nc3ccccc3)nc(C)n2)cc1. The molecule has 0 atom stereocenters. The van der Waals surface area contributed by atoms with Crippen LogP contribution < -0.4 is 15.4 Å². The van der Waals surface area contributed by atoms with E-state index in [4.69, 9.17) is 4.74 Å². The molecule has 3 aromatic rings. The quantitative estimate of drug-likeness (QED) is 0.691. The van der Waals surface area contributed by atoms with Crippen molar-refractivity contribution >= 4 is 23.0 Å². The summed E-state index contributed by atoms with van der Waals surface area (Å²) in [5.41, 5.74) is 1.94. The molecule has 0 aliphatic heterocycles. The van der Waals surface area contributed by atoms with Crippen LogP contribution in [0, 0.1) is 6.92 Å². The Hall–Kier alpha value is -3.08. The molecule has 0 unspecified atom stereocenters. The van der Waals surface area contributed by atoms with Gasteiger partial charge in [-0.15, -0.1) is 0 Å². The maximum absolute atomic E-state index is 5.45. The van der Waals surface area contributed by atoms with Crippen LogP contribution in [0.25, 0.3) is 0 Å². The molecule has 0 amide bonds. The number of aromatic nitrogens is 2. The summed E-state index contributed by atoms with van der Waals surface area (Å²) in [6, 6.07) is 19.6. The number of para-hydroxylation sites is 1. The molecule has 0 aliphatic carbocycles. The Labute approximate surface area is 141 Å². The molecule has 2 N–H and O–H groups in total. The van der Waals surface area contributed by atoms with Gasteiger partial charge in [0.15, 0.2) is 0 Å². The average Bonchev–Trinajstić information content (AvgIpc) is 2.57. The van der Waals surface area contributed by atoms with E-state index in [0.29, 0.717) is 12.4 Å². The van der Waals surface area contributed by atoms with Crippen LogP contribution in [-0.4, -0.2) is 16.6 Å². The lowest BCUT2D eigenvalue weighted by Crippen LogP contribution is -2.01. The van der Waals surface area contributed by atoms with E-state index in [-0.39, 0.29) is 0 Å². The molecular weight excluding hydrogens is 300 g/mol. The van der Waals surface area contributed by atoms with Crippen molar-refractivity contribution in [1.29, 1.82) is 0 Å². The maximum Gasteiger partial charge on any atom is 0.136 e. The van der Waals surface area contributed by atoms with Crippen LogP contribution in [-0.2, 0) is 0 Å². The van der Waals surface area contributed by atoms with Gasteiger partial charge in [0.1, 0.15) is 23.2 Å². The van der Waals surface area contributed by atoms with Crippen LogP contribution in [0.3, 0.4) is 0 Å². The molecule has 5 nitrogen and oxygen atoms in total. The summed E-state index contributed by atoms with van der Waals surface area (Å²) < 4.78 is 5.45. The third kappa shape index (κ3) is 4.23. The first-order valence-electron chi connectivity index (χ1n) is 7.90. The number of hydrogen-bond donors (Lipinski definition) is 2. The molecule has 0 spiro atoms. The van der Waals surface area contributed by atoms with Gasteiger partial charge >= 0.3 is 0 Å². The zero-order valence-electron chi connectivity index (χ0n) is 13.8. The van der Waals surface area contributed by atoms with Crippen molar-refractivity contribution in [3.63, 3.8) is 0 Å². The van der Waals surface area contributed by atoms with Gasteiger partial charge in [-0.1, -0.05) is 18.2 Å². The van der Waals surface area contributed by atoms with Crippen LogP contribution >= 0.6 is 0 Å². The van der Waals surface area contributed by atoms with Crippen molar-refractivity contribution in [2.75, 3.05) is 17.2 Å². The summed E-state index contributed by atoms with van der Waals surface area (Å²) in [5, 5.41) is 6.58. The Morgan fingerprint density at radius 1 is 0.833 bits per heavy atom. The maximum atomic E-state index is 5.45. The van der Waals surface area contributed by atoms with E-state index in [1.807, 2.05) is 74.5 Å². The average molecular weight is 320 g/mol. The van der Waals surface area contributed by atoms with Gasteiger partial charge in [-0.25, -0.2) is 9.97 Å². The van der Waals surface area contributed by atoms with Crippen LogP contribution in [0.1, 0.15) is 12.7 Å². The van der Waals surface area contributed by atoms with Crippen LogP contribution in [0.15, 0.2) is 60.7 Å². The van der Waals surface area contributed by atoms with E-state index < -0.39 is 0 Å². The zero-order valence-corrected chi connectivity index (χ0v) is 13.8. The summed E-state index contributed by atoms with van der Waals surface area (Å²) in [5.74, 6) is 3.05. The molecule has 2 aromatic carbocycles.